The summed E-state index contributed by atoms with van der Waals surface area (Å²) < 4.78 is 26.4. The van der Waals surface area contributed by atoms with Crippen LogP contribution in [0.15, 0.2) is 53.4 Å². The van der Waals surface area contributed by atoms with Crippen molar-refractivity contribution in [2.45, 2.75) is 31.6 Å². The highest BCUT2D eigenvalue weighted by Crippen LogP contribution is 2.25. The average molecular weight is 428 g/mol. The summed E-state index contributed by atoms with van der Waals surface area (Å²) in [6, 6.07) is 11.8. The predicted octanol–water partition coefficient (Wildman–Crippen LogP) is 3.25. The molecule has 8 heteroatoms. The molecule has 2 aromatic carbocycles. The van der Waals surface area contributed by atoms with Gasteiger partial charge in [-0.25, -0.2) is 8.42 Å². The highest BCUT2D eigenvalue weighted by molar-refractivity contribution is 7.89. The molecule has 1 aliphatic rings. The largest absolute Gasteiger partial charge is 0.326 e. The molecule has 2 aromatic rings. The van der Waals surface area contributed by atoms with Crippen LogP contribution in [0.3, 0.4) is 0 Å². The van der Waals surface area contributed by atoms with Crippen LogP contribution in [-0.2, 0) is 26.0 Å². The van der Waals surface area contributed by atoms with Gasteiger partial charge in [-0.15, -0.1) is 0 Å². The molecule has 0 spiro atoms. The predicted molar refractivity (Wildman–Crippen MR) is 118 cm³/mol. The molecular formula is C22H25N3O4S. The van der Waals surface area contributed by atoms with E-state index in [1.54, 1.807) is 56.3 Å². The van der Waals surface area contributed by atoms with E-state index in [1.165, 1.54) is 10.4 Å². The monoisotopic (exact) mass is 427 g/mol. The quantitative estimate of drug-likeness (QED) is 0.663. The van der Waals surface area contributed by atoms with Crippen molar-refractivity contribution in [3.63, 3.8) is 0 Å². The van der Waals surface area contributed by atoms with Gasteiger partial charge in [0.05, 0.1) is 4.90 Å². The Balaban J connectivity index is 1.65. The van der Waals surface area contributed by atoms with Crippen LogP contribution in [0.25, 0.3) is 6.08 Å². The van der Waals surface area contributed by atoms with Gasteiger partial charge in [0.2, 0.25) is 21.8 Å². The summed E-state index contributed by atoms with van der Waals surface area (Å²) in [6.45, 7) is 4.43. The Kier molecular flexibility index (Phi) is 6.69. The third-order valence-electron chi connectivity index (χ3n) is 4.92. The molecule has 0 bridgehead atoms. The van der Waals surface area contributed by atoms with Crippen molar-refractivity contribution < 1.29 is 18.0 Å². The Morgan fingerprint density at radius 1 is 1.10 bits per heavy atom. The maximum absolute atomic E-state index is 12.5. The van der Waals surface area contributed by atoms with Crippen molar-refractivity contribution in [3.05, 3.63) is 59.7 Å². The molecule has 1 aliphatic heterocycles. The Morgan fingerprint density at radius 2 is 1.80 bits per heavy atom. The van der Waals surface area contributed by atoms with Crippen LogP contribution < -0.4 is 10.6 Å². The van der Waals surface area contributed by atoms with E-state index in [9.17, 15) is 18.0 Å². The number of hydrogen-bond acceptors (Lipinski definition) is 4. The second kappa shape index (κ2) is 9.23. The third kappa shape index (κ3) is 4.95. The normalized spacial score (nSPS) is 13.9. The first-order valence-corrected chi connectivity index (χ1v) is 11.3. The first-order chi connectivity index (χ1) is 14.3. The number of nitrogens with zero attached hydrogens (tertiary/aromatic N) is 1. The van der Waals surface area contributed by atoms with Crippen LogP contribution in [0.2, 0.25) is 0 Å². The molecule has 158 valence electrons. The van der Waals surface area contributed by atoms with Gasteiger partial charge in [-0.2, -0.15) is 4.31 Å². The van der Waals surface area contributed by atoms with Gasteiger partial charge in [0.25, 0.3) is 0 Å². The lowest BCUT2D eigenvalue weighted by molar-refractivity contribution is -0.116. The fourth-order valence-electron chi connectivity index (χ4n) is 3.28. The van der Waals surface area contributed by atoms with Gasteiger partial charge in [0.1, 0.15) is 0 Å². The number of rotatable bonds is 7. The van der Waals surface area contributed by atoms with Gasteiger partial charge < -0.3 is 10.6 Å². The summed E-state index contributed by atoms with van der Waals surface area (Å²) in [7, 11) is -3.50. The van der Waals surface area contributed by atoms with Crippen LogP contribution in [0.1, 0.15) is 31.4 Å². The van der Waals surface area contributed by atoms with E-state index >= 15 is 0 Å². The Bertz CT molecular complexity index is 1070. The fourth-order valence-corrected chi connectivity index (χ4v) is 4.74. The summed E-state index contributed by atoms with van der Waals surface area (Å²) in [4.78, 5) is 23.9. The first kappa shape index (κ1) is 21.7. The average Bonchev–Trinajstić information content (AvgIpc) is 2.73. The summed E-state index contributed by atoms with van der Waals surface area (Å²) >= 11 is 0. The number of sulfonamides is 1. The van der Waals surface area contributed by atoms with E-state index in [-0.39, 0.29) is 16.7 Å². The highest BCUT2D eigenvalue weighted by atomic mass is 32.2. The van der Waals surface area contributed by atoms with Crippen LogP contribution in [0.4, 0.5) is 11.4 Å². The summed E-state index contributed by atoms with van der Waals surface area (Å²) in [5.74, 6) is -0.298. The minimum atomic E-state index is -3.50. The Hall–Kier alpha value is -2.97. The first-order valence-electron chi connectivity index (χ1n) is 9.85. The Labute approximate surface area is 176 Å². The van der Waals surface area contributed by atoms with Crippen molar-refractivity contribution in [2.24, 2.45) is 0 Å². The summed E-state index contributed by atoms with van der Waals surface area (Å²) in [6.07, 6.45) is 4.10. The van der Waals surface area contributed by atoms with Gasteiger partial charge in [0, 0.05) is 37.0 Å². The number of anilines is 2. The van der Waals surface area contributed by atoms with Crippen molar-refractivity contribution in [3.8, 4) is 0 Å². The number of nitrogens with one attached hydrogen (secondary N) is 2. The van der Waals surface area contributed by atoms with E-state index in [0.717, 1.165) is 16.8 Å². The van der Waals surface area contributed by atoms with Crippen molar-refractivity contribution in [2.75, 3.05) is 23.7 Å². The number of benzene rings is 2. The molecule has 3 rings (SSSR count). The van der Waals surface area contributed by atoms with E-state index < -0.39 is 10.0 Å². The molecule has 0 radical (unpaired) electrons. The smallest absolute Gasteiger partial charge is 0.248 e. The fraction of sp³-hybridized carbons (Fsp3) is 0.273. The van der Waals surface area contributed by atoms with E-state index in [1.807, 2.05) is 6.07 Å². The lowest BCUT2D eigenvalue weighted by Gasteiger charge is -2.18. The zero-order chi connectivity index (χ0) is 21.7. The maximum atomic E-state index is 12.5. The van der Waals surface area contributed by atoms with E-state index in [4.69, 9.17) is 0 Å². The molecule has 30 heavy (non-hydrogen) atoms. The van der Waals surface area contributed by atoms with Gasteiger partial charge >= 0.3 is 0 Å². The number of amides is 2. The molecule has 0 saturated carbocycles. The topological polar surface area (TPSA) is 95.6 Å². The van der Waals surface area contributed by atoms with Gasteiger partial charge in [-0.1, -0.05) is 26.0 Å². The lowest BCUT2D eigenvalue weighted by atomic mass is 10.0. The van der Waals surface area contributed by atoms with E-state index in [2.05, 4.69) is 10.6 Å². The van der Waals surface area contributed by atoms with Gasteiger partial charge in [-0.3, -0.25) is 9.59 Å². The van der Waals surface area contributed by atoms with E-state index in [0.29, 0.717) is 31.6 Å². The molecule has 2 amide bonds. The van der Waals surface area contributed by atoms with Crippen molar-refractivity contribution in [1.29, 1.82) is 0 Å². The van der Waals surface area contributed by atoms with Crippen LogP contribution in [-0.4, -0.2) is 37.6 Å². The number of carbonyl (C=O) groups is 2. The molecule has 0 fully saturated rings. The summed E-state index contributed by atoms with van der Waals surface area (Å²) in [5, 5.41) is 5.60. The molecule has 0 saturated heterocycles. The molecular weight excluding hydrogens is 402 g/mol. The maximum Gasteiger partial charge on any atom is 0.248 e. The lowest BCUT2D eigenvalue weighted by Crippen LogP contribution is -2.30. The zero-order valence-electron chi connectivity index (χ0n) is 17.0. The second-order valence-electron chi connectivity index (χ2n) is 6.90. The number of aryl methyl sites for hydroxylation is 1. The zero-order valence-corrected chi connectivity index (χ0v) is 17.8. The molecule has 0 aliphatic carbocycles. The molecule has 2 N–H and O–H groups in total. The highest BCUT2D eigenvalue weighted by Gasteiger charge is 2.21. The summed E-state index contributed by atoms with van der Waals surface area (Å²) in [5.41, 5.74) is 3.14. The van der Waals surface area contributed by atoms with Gasteiger partial charge in [0.15, 0.2) is 0 Å². The standard InChI is InChI=1S/C22H25N3O4S/c1-3-25(4-2)30(28,29)19-10-5-16(6-11-19)7-13-21(26)23-18-9-12-20-17(15-18)8-14-22(27)24-20/h5-7,9-13,15H,3-4,8,14H2,1-2H3,(H,23,26)(H,24,27)/b13-7+. The Morgan fingerprint density at radius 3 is 2.47 bits per heavy atom. The number of carbonyl (C=O) groups excluding carboxylic acids is 2. The molecule has 0 atom stereocenters. The number of hydrogen-bond donors (Lipinski definition) is 2. The van der Waals surface area contributed by atoms with Crippen LogP contribution in [0, 0.1) is 0 Å². The number of fused-ring (bicyclic) bond motifs is 1. The van der Waals surface area contributed by atoms with Gasteiger partial charge in [-0.05, 0) is 54.0 Å². The minimum absolute atomic E-state index is 0.00173. The third-order valence-corrected chi connectivity index (χ3v) is 6.98. The van der Waals surface area contributed by atoms with Crippen LogP contribution in [0.5, 0.6) is 0 Å². The van der Waals surface area contributed by atoms with Crippen molar-refractivity contribution in [1.82, 2.24) is 4.31 Å². The molecule has 7 nitrogen and oxygen atoms in total. The molecule has 1 heterocycles. The second-order valence-corrected chi connectivity index (χ2v) is 8.84. The SMILES string of the molecule is CCN(CC)S(=O)(=O)c1ccc(/C=C/C(=O)Nc2ccc3c(c2)CCC(=O)N3)cc1. The molecule has 0 aromatic heterocycles. The van der Waals surface area contributed by atoms with Crippen molar-refractivity contribution >= 4 is 39.3 Å². The molecule has 0 unspecified atom stereocenters. The minimum Gasteiger partial charge on any atom is -0.326 e. The van der Waals surface area contributed by atoms with Crippen LogP contribution >= 0.6 is 0 Å².